The predicted octanol–water partition coefficient (Wildman–Crippen LogP) is -0.405. The monoisotopic (exact) mass is 137 g/mol. The van der Waals surface area contributed by atoms with Crippen molar-refractivity contribution in [2.24, 2.45) is 0 Å². The minimum atomic E-state index is -0.213. The minimum absolute atomic E-state index is 0.213. The molecule has 1 aromatic heterocycles. The molecular formula is C6H7N3O. The van der Waals surface area contributed by atoms with E-state index in [1.54, 1.807) is 0 Å². The first-order chi connectivity index (χ1) is 4.84. The molecule has 0 spiro atoms. The van der Waals surface area contributed by atoms with Gasteiger partial charge in [0.05, 0.1) is 0 Å². The van der Waals surface area contributed by atoms with Crippen molar-refractivity contribution < 1.29 is 0 Å². The zero-order valence-corrected chi connectivity index (χ0v) is 5.37. The number of terminal acetylenes is 1. The van der Waals surface area contributed by atoms with Gasteiger partial charge in [-0.05, 0) is 0 Å². The Bertz CT molecular complexity index is 290. The van der Waals surface area contributed by atoms with Crippen LogP contribution in [0.5, 0.6) is 0 Å². The fraction of sp³-hybridized carbons (Fsp3) is 0.333. The van der Waals surface area contributed by atoms with E-state index in [9.17, 15) is 4.79 Å². The van der Waals surface area contributed by atoms with Crippen LogP contribution in [0.25, 0.3) is 0 Å². The highest BCUT2D eigenvalue weighted by Gasteiger charge is 1.92. The molecule has 0 atom stereocenters. The fourth-order valence-electron chi connectivity index (χ4n) is 0.615. The van der Waals surface area contributed by atoms with Gasteiger partial charge in [-0.3, -0.25) is 4.57 Å². The Hall–Kier alpha value is -1.50. The molecule has 0 aliphatic carbocycles. The van der Waals surface area contributed by atoms with Gasteiger partial charge >= 0.3 is 5.69 Å². The molecular weight excluding hydrogens is 130 g/mol. The second-order valence-corrected chi connectivity index (χ2v) is 1.81. The summed E-state index contributed by atoms with van der Waals surface area (Å²) in [5, 5.41) is 5.80. The van der Waals surface area contributed by atoms with Crippen molar-refractivity contribution in [2.75, 3.05) is 0 Å². The predicted molar refractivity (Wildman–Crippen MR) is 36.3 cm³/mol. The Labute approximate surface area is 57.9 Å². The first-order valence-corrected chi connectivity index (χ1v) is 2.88. The SMILES string of the molecule is C#CCCn1cn[nH]c1=O. The van der Waals surface area contributed by atoms with Crippen LogP contribution in [0, 0.1) is 12.3 Å². The molecule has 52 valence electrons. The second-order valence-electron chi connectivity index (χ2n) is 1.81. The summed E-state index contributed by atoms with van der Waals surface area (Å²) in [7, 11) is 0. The van der Waals surface area contributed by atoms with Crippen molar-refractivity contribution in [3.63, 3.8) is 0 Å². The summed E-state index contributed by atoms with van der Waals surface area (Å²) in [6.45, 7) is 0.534. The molecule has 0 radical (unpaired) electrons. The van der Waals surface area contributed by atoms with Crippen molar-refractivity contribution >= 4 is 0 Å². The highest BCUT2D eigenvalue weighted by Crippen LogP contribution is 1.80. The summed E-state index contributed by atoms with van der Waals surface area (Å²) in [6, 6.07) is 0. The molecule has 0 saturated heterocycles. The number of hydrogen-bond donors (Lipinski definition) is 1. The molecule has 4 heteroatoms. The summed E-state index contributed by atoms with van der Waals surface area (Å²) in [5.41, 5.74) is -0.213. The molecule has 4 nitrogen and oxygen atoms in total. The van der Waals surface area contributed by atoms with E-state index in [1.165, 1.54) is 10.9 Å². The number of aromatic amines is 1. The van der Waals surface area contributed by atoms with Gasteiger partial charge in [-0.2, -0.15) is 5.10 Å². The number of hydrogen-bond acceptors (Lipinski definition) is 2. The van der Waals surface area contributed by atoms with Crippen molar-refractivity contribution in [3.8, 4) is 12.3 Å². The van der Waals surface area contributed by atoms with E-state index in [2.05, 4.69) is 16.1 Å². The molecule has 0 fully saturated rings. The Kier molecular flexibility index (Phi) is 1.90. The first kappa shape index (κ1) is 6.62. The van der Waals surface area contributed by atoms with Gasteiger partial charge in [0.25, 0.3) is 0 Å². The van der Waals surface area contributed by atoms with Crippen molar-refractivity contribution in [2.45, 2.75) is 13.0 Å². The summed E-state index contributed by atoms with van der Waals surface area (Å²) in [5.74, 6) is 2.43. The lowest BCUT2D eigenvalue weighted by molar-refractivity contribution is 0.691. The average Bonchev–Trinajstić information content (AvgIpc) is 2.31. The van der Waals surface area contributed by atoms with Gasteiger partial charge in [0.15, 0.2) is 0 Å². The highest BCUT2D eigenvalue weighted by atomic mass is 16.1. The zero-order chi connectivity index (χ0) is 7.40. The first-order valence-electron chi connectivity index (χ1n) is 2.88. The minimum Gasteiger partial charge on any atom is -0.281 e. The second kappa shape index (κ2) is 2.87. The van der Waals surface area contributed by atoms with Gasteiger partial charge in [0.1, 0.15) is 6.33 Å². The van der Waals surface area contributed by atoms with E-state index < -0.39 is 0 Å². The number of aryl methyl sites for hydroxylation is 1. The topological polar surface area (TPSA) is 50.7 Å². The molecule has 1 N–H and O–H groups in total. The van der Waals surface area contributed by atoms with Crippen LogP contribution in [0.3, 0.4) is 0 Å². The molecule has 0 aliphatic rings. The molecule has 0 unspecified atom stereocenters. The Morgan fingerprint density at radius 1 is 1.90 bits per heavy atom. The van der Waals surface area contributed by atoms with Crippen LogP contribution in [0.2, 0.25) is 0 Å². The maximum atomic E-state index is 10.7. The number of H-pyrrole nitrogens is 1. The smallest absolute Gasteiger partial charge is 0.281 e. The Balaban J connectivity index is 2.68. The lowest BCUT2D eigenvalue weighted by Gasteiger charge is -1.90. The Morgan fingerprint density at radius 2 is 2.70 bits per heavy atom. The van der Waals surface area contributed by atoms with Crippen LogP contribution in [0.15, 0.2) is 11.1 Å². The number of aromatic nitrogens is 3. The molecule has 0 bridgehead atoms. The van der Waals surface area contributed by atoms with Gasteiger partial charge < -0.3 is 0 Å². The summed E-state index contributed by atoms with van der Waals surface area (Å²) in [6.07, 6.45) is 6.98. The van der Waals surface area contributed by atoms with Crippen molar-refractivity contribution in [1.82, 2.24) is 14.8 Å². The standard InChI is InChI=1S/C6H7N3O/c1-2-3-4-9-5-7-8-6(9)10/h1,5H,3-4H2,(H,8,10). The van der Waals surface area contributed by atoms with Gasteiger partial charge in [0.2, 0.25) is 0 Å². The third-order valence-corrected chi connectivity index (χ3v) is 1.12. The highest BCUT2D eigenvalue weighted by molar-refractivity contribution is 4.83. The summed E-state index contributed by atoms with van der Waals surface area (Å²) < 4.78 is 1.43. The Morgan fingerprint density at radius 3 is 3.20 bits per heavy atom. The molecule has 0 aromatic carbocycles. The van der Waals surface area contributed by atoms with Crippen molar-refractivity contribution in [3.05, 3.63) is 16.8 Å². The van der Waals surface area contributed by atoms with Crippen LogP contribution in [-0.2, 0) is 6.54 Å². The maximum absolute atomic E-state index is 10.7. The molecule has 1 aromatic rings. The third kappa shape index (κ3) is 1.26. The van der Waals surface area contributed by atoms with E-state index in [0.29, 0.717) is 13.0 Å². The van der Waals surface area contributed by atoms with Gasteiger partial charge in [0, 0.05) is 13.0 Å². The number of nitrogens with one attached hydrogen (secondary N) is 1. The largest absolute Gasteiger partial charge is 0.343 e. The number of rotatable bonds is 2. The molecule has 0 amide bonds. The van der Waals surface area contributed by atoms with E-state index in [-0.39, 0.29) is 5.69 Å². The van der Waals surface area contributed by atoms with Gasteiger partial charge in [-0.1, -0.05) is 0 Å². The molecule has 1 heterocycles. The summed E-state index contributed by atoms with van der Waals surface area (Å²) >= 11 is 0. The van der Waals surface area contributed by atoms with Crippen molar-refractivity contribution in [1.29, 1.82) is 0 Å². The average molecular weight is 137 g/mol. The maximum Gasteiger partial charge on any atom is 0.343 e. The lowest BCUT2D eigenvalue weighted by Crippen LogP contribution is -2.15. The van der Waals surface area contributed by atoms with E-state index in [4.69, 9.17) is 6.42 Å². The van der Waals surface area contributed by atoms with Crippen LogP contribution in [-0.4, -0.2) is 14.8 Å². The lowest BCUT2D eigenvalue weighted by atomic mass is 10.4. The normalized spacial score (nSPS) is 9.10. The van der Waals surface area contributed by atoms with Crippen LogP contribution in [0.4, 0.5) is 0 Å². The molecule has 0 saturated carbocycles. The van der Waals surface area contributed by atoms with E-state index in [0.717, 1.165) is 0 Å². The number of nitrogens with zero attached hydrogens (tertiary/aromatic N) is 2. The van der Waals surface area contributed by atoms with Gasteiger partial charge in [-0.15, -0.1) is 12.3 Å². The zero-order valence-electron chi connectivity index (χ0n) is 5.37. The van der Waals surface area contributed by atoms with E-state index in [1.807, 2.05) is 0 Å². The fourth-order valence-corrected chi connectivity index (χ4v) is 0.615. The van der Waals surface area contributed by atoms with E-state index >= 15 is 0 Å². The van der Waals surface area contributed by atoms with Gasteiger partial charge in [-0.25, -0.2) is 9.89 Å². The van der Waals surface area contributed by atoms with Crippen LogP contribution >= 0.6 is 0 Å². The summed E-state index contributed by atoms with van der Waals surface area (Å²) in [4.78, 5) is 10.7. The van der Waals surface area contributed by atoms with Crippen LogP contribution in [0.1, 0.15) is 6.42 Å². The molecule has 0 aliphatic heterocycles. The molecule has 1 rings (SSSR count). The third-order valence-electron chi connectivity index (χ3n) is 1.12. The molecule has 10 heavy (non-hydrogen) atoms. The quantitative estimate of drug-likeness (QED) is 0.563. The van der Waals surface area contributed by atoms with Crippen LogP contribution < -0.4 is 5.69 Å².